The summed E-state index contributed by atoms with van der Waals surface area (Å²) in [5.74, 6) is 1.94. The molecule has 0 amide bonds. The molecule has 5 aromatic heterocycles. The van der Waals surface area contributed by atoms with Crippen LogP contribution in [0, 0.1) is 0 Å². The SMILES string of the molecule is c1ccc(-c2nc(-c3ccccc3)nc(-c3ccc(-n4c5ccc(-c6ccc7sc8ccccc8c7c6)cc5c5c6c7ccccc7n(-c7ccccc7)c6ccc54)c4c3sc3ccccc34)n2)cc1. The molecule has 0 fully saturated rings. The molecule has 0 radical (unpaired) electrons. The highest BCUT2D eigenvalue weighted by Gasteiger charge is 2.25. The van der Waals surface area contributed by atoms with Crippen molar-refractivity contribution in [1.29, 1.82) is 0 Å². The Balaban J connectivity index is 1.04. The largest absolute Gasteiger partial charge is 0.309 e. The Morgan fingerprint density at radius 2 is 0.814 bits per heavy atom. The Hall–Kier alpha value is -8.75. The van der Waals surface area contributed by atoms with Gasteiger partial charge in [0.05, 0.1) is 27.8 Å². The molecule has 5 nitrogen and oxygen atoms in total. The predicted molar refractivity (Wildman–Crippen MR) is 296 cm³/mol. The van der Waals surface area contributed by atoms with Crippen LogP contribution in [0.1, 0.15) is 0 Å². The summed E-state index contributed by atoms with van der Waals surface area (Å²) >= 11 is 3.66. The van der Waals surface area contributed by atoms with E-state index >= 15 is 0 Å². The van der Waals surface area contributed by atoms with Crippen LogP contribution >= 0.6 is 22.7 Å². The van der Waals surface area contributed by atoms with Crippen LogP contribution in [0.5, 0.6) is 0 Å². The molecule has 326 valence electrons. The summed E-state index contributed by atoms with van der Waals surface area (Å²) < 4.78 is 9.90. The molecular formula is C63H37N5S2. The van der Waals surface area contributed by atoms with Crippen LogP contribution in [0.2, 0.25) is 0 Å². The molecule has 0 atom stereocenters. The lowest BCUT2D eigenvalue weighted by atomic mass is 9.99. The highest BCUT2D eigenvalue weighted by molar-refractivity contribution is 7.26. The second-order valence-electron chi connectivity index (χ2n) is 17.9. The van der Waals surface area contributed by atoms with Crippen molar-refractivity contribution >= 4 is 107 Å². The molecule has 0 aliphatic rings. The molecule has 0 unspecified atom stereocenters. The fourth-order valence-corrected chi connectivity index (χ4v) is 13.2. The smallest absolute Gasteiger partial charge is 0.165 e. The third-order valence-corrected chi connectivity index (χ3v) is 16.3. The summed E-state index contributed by atoms with van der Waals surface area (Å²) in [6, 6.07) is 80.9. The Labute approximate surface area is 409 Å². The maximum absolute atomic E-state index is 5.25. The Morgan fingerprint density at radius 1 is 0.300 bits per heavy atom. The topological polar surface area (TPSA) is 48.5 Å². The van der Waals surface area contributed by atoms with Crippen molar-refractivity contribution < 1.29 is 0 Å². The van der Waals surface area contributed by atoms with Crippen LogP contribution in [0.25, 0.3) is 141 Å². The van der Waals surface area contributed by atoms with E-state index in [9.17, 15) is 0 Å². The molecule has 70 heavy (non-hydrogen) atoms. The normalized spacial score (nSPS) is 12.0. The van der Waals surface area contributed by atoms with Gasteiger partial charge in [-0.3, -0.25) is 0 Å². The molecule has 0 aliphatic heterocycles. The number of thiophene rings is 2. The monoisotopic (exact) mass is 927 g/mol. The van der Waals surface area contributed by atoms with Crippen LogP contribution in [0.15, 0.2) is 224 Å². The van der Waals surface area contributed by atoms with Gasteiger partial charge in [-0.15, -0.1) is 22.7 Å². The summed E-state index contributed by atoms with van der Waals surface area (Å²) in [7, 11) is 0. The molecule has 10 aromatic carbocycles. The molecule has 7 heteroatoms. The average molecular weight is 928 g/mol. The highest BCUT2D eigenvalue weighted by Crippen LogP contribution is 2.48. The number of hydrogen-bond donors (Lipinski definition) is 0. The molecule has 0 bridgehead atoms. The van der Waals surface area contributed by atoms with Crippen LogP contribution in [-0.2, 0) is 0 Å². The number of hydrogen-bond acceptors (Lipinski definition) is 5. The number of benzene rings is 10. The van der Waals surface area contributed by atoms with Crippen LogP contribution < -0.4 is 0 Å². The zero-order valence-corrected chi connectivity index (χ0v) is 39.0. The van der Waals surface area contributed by atoms with Crippen molar-refractivity contribution in [2.75, 3.05) is 0 Å². The Morgan fingerprint density at radius 3 is 1.54 bits per heavy atom. The van der Waals surface area contributed by atoms with Gasteiger partial charge in [-0.25, -0.2) is 15.0 Å². The van der Waals surface area contributed by atoms with Gasteiger partial charge in [0.2, 0.25) is 0 Å². The second kappa shape index (κ2) is 15.4. The van der Waals surface area contributed by atoms with Crippen LogP contribution in [0.3, 0.4) is 0 Å². The summed E-state index contributed by atoms with van der Waals surface area (Å²) in [5, 5.41) is 9.88. The van der Waals surface area contributed by atoms with Crippen molar-refractivity contribution in [2.24, 2.45) is 0 Å². The van der Waals surface area contributed by atoms with Gasteiger partial charge in [0.1, 0.15) is 0 Å². The van der Waals surface area contributed by atoms with Crippen molar-refractivity contribution in [2.45, 2.75) is 0 Å². The highest BCUT2D eigenvalue weighted by atomic mass is 32.1. The van der Waals surface area contributed by atoms with E-state index in [1.165, 1.54) is 79.3 Å². The molecule has 15 aromatic rings. The van der Waals surface area contributed by atoms with Crippen LogP contribution in [0.4, 0.5) is 0 Å². The van der Waals surface area contributed by atoms with Gasteiger partial charge in [-0.1, -0.05) is 146 Å². The maximum atomic E-state index is 5.25. The summed E-state index contributed by atoms with van der Waals surface area (Å²) in [6.07, 6.45) is 0. The molecule has 0 saturated carbocycles. The summed E-state index contributed by atoms with van der Waals surface area (Å²) in [4.78, 5) is 15.5. The first-order valence-corrected chi connectivity index (χ1v) is 25.1. The van der Waals surface area contributed by atoms with E-state index in [1.807, 2.05) is 47.7 Å². The average Bonchev–Trinajstić information content (AvgIpc) is 4.19. The molecule has 15 rings (SSSR count). The van der Waals surface area contributed by atoms with Crippen molar-refractivity contribution in [3.05, 3.63) is 224 Å². The molecule has 5 heterocycles. The maximum Gasteiger partial charge on any atom is 0.165 e. The van der Waals surface area contributed by atoms with E-state index in [1.54, 1.807) is 11.3 Å². The molecule has 0 N–H and O–H groups in total. The van der Waals surface area contributed by atoms with E-state index in [0.29, 0.717) is 17.5 Å². The second-order valence-corrected chi connectivity index (χ2v) is 20.0. The zero-order valence-electron chi connectivity index (χ0n) is 37.4. The quantitative estimate of drug-likeness (QED) is 0.167. The lowest BCUT2D eigenvalue weighted by Crippen LogP contribution is -2.01. The molecule has 0 aliphatic carbocycles. The number of rotatable bonds is 6. The van der Waals surface area contributed by atoms with Gasteiger partial charge in [0, 0.05) is 84.3 Å². The summed E-state index contributed by atoms with van der Waals surface area (Å²) in [5.41, 5.74) is 12.2. The van der Waals surface area contributed by atoms with Gasteiger partial charge in [0.15, 0.2) is 17.5 Å². The van der Waals surface area contributed by atoms with Crippen molar-refractivity contribution in [1.82, 2.24) is 24.1 Å². The first-order valence-electron chi connectivity index (χ1n) is 23.5. The van der Waals surface area contributed by atoms with E-state index in [2.05, 4.69) is 197 Å². The fraction of sp³-hybridized carbons (Fsp3) is 0. The minimum absolute atomic E-state index is 0.644. The Kier molecular flexibility index (Phi) is 8.63. The van der Waals surface area contributed by atoms with E-state index in [4.69, 9.17) is 15.0 Å². The van der Waals surface area contributed by atoms with Gasteiger partial charge in [-0.05, 0) is 90.0 Å². The van der Waals surface area contributed by atoms with Gasteiger partial charge < -0.3 is 9.13 Å². The van der Waals surface area contributed by atoms with E-state index < -0.39 is 0 Å². The minimum Gasteiger partial charge on any atom is -0.309 e. The van der Waals surface area contributed by atoms with Gasteiger partial charge in [0.25, 0.3) is 0 Å². The van der Waals surface area contributed by atoms with Crippen LogP contribution in [-0.4, -0.2) is 24.1 Å². The number of para-hydroxylation sites is 2. The molecule has 0 saturated heterocycles. The van der Waals surface area contributed by atoms with E-state index in [0.717, 1.165) is 43.8 Å². The van der Waals surface area contributed by atoms with E-state index in [-0.39, 0.29) is 0 Å². The zero-order chi connectivity index (χ0) is 45.9. The fourth-order valence-electron chi connectivity index (χ4n) is 10.9. The Bertz CT molecular complexity index is 4530. The third kappa shape index (κ3) is 5.92. The third-order valence-electron chi connectivity index (χ3n) is 14.0. The number of nitrogens with zero attached hydrogens (tertiary/aromatic N) is 5. The number of aromatic nitrogens is 5. The van der Waals surface area contributed by atoms with Gasteiger partial charge in [-0.2, -0.15) is 0 Å². The first-order chi connectivity index (χ1) is 34.7. The lowest BCUT2D eigenvalue weighted by Gasteiger charge is -2.14. The number of fused-ring (bicyclic) bond motifs is 13. The van der Waals surface area contributed by atoms with Gasteiger partial charge >= 0.3 is 0 Å². The predicted octanol–water partition coefficient (Wildman–Crippen LogP) is 17.5. The van der Waals surface area contributed by atoms with Crippen molar-refractivity contribution in [3.8, 4) is 56.7 Å². The lowest BCUT2D eigenvalue weighted by molar-refractivity contribution is 1.08. The minimum atomic E-state index is 0.644. The summed E-state index contributed by atoms with van der Waals surface area (Å²) in [6.45, 7) is 0. The first kappa shape index (κ1) is 39.3. The molecular weight excluding hydrogens is 891 g/mol. The standard InChI is InChI=1S/C63H37N5S2/c1-4-16-38(17-5-1)61-64-62(39-18-6-2-7-19-39)66-63(65-61)46-30-32-53(59-45-24-12-15-27-55(45)70-60(46)59)68-50-31-28-40(41-29-35-56-47(36-41)43-22-11-14-26-54(43)69-56)37-48(50)58-52(68)34-33-51-57(58)44-23-10-13-25-49(44)67(51)42-20-8-3-9-21-42/h1-37H. The van der Waals surface area contributed by atoms with Crippen molar-refractivity contribution in [3.63, 3.8) is 0 Å². The molecule has 0 spiro atoms.